The van der Waals surface area contributed by atoms with Gasteiger partial charge in [-0.25, -0.2) is 9.78 Å². The Hall–Kier alpha value is -2.94. The van der Waals surface area contributed by atoms with Gasteiger partial charge >= 0.3 is 11.9 Å². The largest absolute Gasteiger partial charge is 0.438 e. The number of H-pyrrole nitrogens is 1. The summed E-state index contributed by atoms with van der Waals surface area (Å²) in [6, 6.07) is 2.08. The van der Waals surface area contributed by atoms with Crippen LogP contribution in [0.3, 0.4) is 0 Å². The molecule has 1 fully saturated rings. The molecule has 2 atom stereocenters. The number of halogens is 5. The zero-order valence-corrected chi connectivity index (χ0v) is 25.3. The second-order valence-corrected chi connectivity index (χ2v) is 12.7. The first-order valence-electron chi connectivity index (χ1n) is 12.9. The summed E-state index contributed by atoms with van der Waals surface area (Å²) in [5, 5.41) is 15.6. The van der Waals surface area contributed by atoms with Crippen molar-refractivity contribution in [2.24, 2.45) is 0 Å². The number of nitrogens with zero attached hydrogens (tertiary/aromatic N) is 3. The highest BCUT2D eigenvalue weighted by atomic mass is 35.5. The van der Waals surface area contributed by atoms with Crippen LogP contribution in [-0.4, -0.2) is 62.3 Å². The topological polar surface area (TPSA) is 141 Å². The van der Waals surface area contributed by atoms with Crippen molar-refractivity contribution in [1.29, 1.82) is 0 Å². The number of thiazole rings is 1. The second-order valence-electron chi connectivity index (χ2n) is 10.9. The number of aliphatic hydroxyl groups is 1. The quantitative estimate of drug-likeness (QED) is 0.316. The van der Waals surface area contributed by atoms with Crippen LogP contribution in [0, 0.1) is 0 Å². The zero-order chi connectivity index (χ0) is 31.2. The summed E-state index contributed by atoms with van der Waals surface area (Å²) in [6.07, 6.45) is -2.56. The predicted molar refractivity (Wildman–Crippen MR) is 150 cm³/mol. The van der Waals surface area contributed by atoms with Crippen LogP contribution in [-0.2, 0) is 11.0 Å². The van der Waals surface area contributed by atoms with Crippen molar-refractivity contribution in [3.05, 3.63) is 54.8 Å². The number of amides is 2. The highest BCUT2D eigenvalue weighted by Gasteiger charge is 2.52. The molecular weight excluding hydrogens is 622 g/mol. The van der Waals surface area contributed by atoms with E-state index in [0.29, 0.717) is 13.5 Å². The first-order chi connectivity index (χ1) is 19.5. The summed E-state index contributed by atoms with van der Waals surface area (Å²) < 4.78 is 45.2. The molecule has 3 N–H and O–H groups in total. The molecule has 3 heterocycles. The molecule has 0 aliphatic carbocycles. The van der Waals surface area contributed by atoms with Gasteiger partial charge in [-0.05, 0) is 33.1 Å². The summed E-state index contributed by atoms with van der Waals surface area (Å²) in [7, 11) is 0. The number of rotatable bonds is 7. The Labute approximate surface area is 252 Å². The lowest BCUT2D eigenvalue weighted by Gasteiger charge is -2.33. The van der Waals surface area contributed by atoms with E-state index in [9.17, 15) is 32.7 Å². The number of alkyl halides is 3. The molecule has 16 heteroatoms. The van der Waals surface area contributed by atoms with E-state index in [2.05, 4.69) is 25.0 Å². The molecule has 4 rings (SSSR count). The SMILES string of the molecule is C[C@H]1CCCCN1C(=O)c1nc(C(=O)NCC(C)(C)c2noc(=O)[nH]2)sc1-c1ccc(C(C)(O)C(F)(F)F)c(Cl)c1Cl. The van der Waals surface area contributed by atoms with Gasteiger partial charge in [-0.15, -0.1) is 11.3 Å². The lowest BCUT2D eigenvalue weighted by Crippen LogP contribution is -2.42. The van der Waals surface area contributed by atoms with Crippen molar-refractivity contribution >= 4 is 46.4 Å². The molecule has 1 saturated heterocycles. The van der Waals surface area contributed by atoms with E-state index in [1.165, 1.54) is 6.07 Å². The number of piperidine rings is 1. The van der Waals surface area contributed by atoms with Crippen molar-refractivity contribution in [3.63, 3.8) is 0 Å². The molecular formula is C26H28Cl2F3N5O5S. The van der Waals surface area contributed by atoms with Gasteiger partial charge in [-0.1, -0.05) is 54.3 Å². The van der Waals surface area contributed by atoms with E-state index in [1.807, 2.05) is 6.92 Å². The molecule has 1 aliphatic rings. The molecule has 228 valence electrons. The van der Waals surface area contributed by atoms with Crippen LogP contribution in [0.2, 0.25) is 10.0 Å². The Morgan fingerprint density at radius 2 is 1.90 bits per heavy atom. The Balaban J connectivity index is 1.75. The van der Waals surface area contributed by atoms with Crippen LogP contribution in [0.25, 0.3) is 10.4 Å². The zero-order valence-electron chi connectivity index (χ0n) is 23.0. The monoisotopic (exact) mass is 649 g/mol. The van der Waals surface area contributed by atoms with Gasteiger partial charge in [0.05, 0.1) is 14.9 Å². The minimum absolute atomic E-state index is 0.00344. The molecule has 1 unspecified atom stereocenters. The average molecular weight is 651 g/mol. The maximum absolute atomic E-state index is 13.7. The van der Waals surface area contributed by atoms with Crippen LogP contribution in [0.1, 0.15) is 78.6 Å². The number of benzene rings is 1. The Morgan fingerprint density at radius 3 is 2.50 bits per heavy atom. The smallest absolute Gasteiger partial charge is 0.376 e. The number of carbonyl (C=O) groups is 2. The number of hydrogen-bond acceptors (Lipinski definition) is 8. The fourth-order valence-electron chi connectivity index (χ4n) is 4.52. The third-order valence-electron chi connectivity index (χ3n) is 7.26. The van der Waals surface area contributed by atoms with Crippen molar-refractivity contribution < 1.29 is 32.4 Å². The molecule has 1 aliphatic heterocycles. The Morgan fingerprint density at radius 1 is 1.21 bits per heavy atom. The molecule has 1 aromatic carbocycles. The van der Waals surface area contributed by atoms with Crippen molar-refractivity contribution in [1.82, 2.24) is 25.3 Å². The molecule has 0 saturated carbocycles. The lowest BCUT2D eigenvalue weighted by atomic mass is 9.92. The van der Waals surface area contributed by atoms with Gasteiger partial charge in [0.15, 0.2) is 16.4 Å². The summed E-state index contributed by atoms with van der Waals surface area (Å²) in [6.45, 7) is 6.33. The van der Waals surface area contributed by atoms with Gasteiger partial charge < -0.3 is 15.3 Å². The minimum atomic E-state index is -5.05. The normalized spacial score (nSPS) is 17.7. The molecule has 0 bridgehead atoms. The van der Waals surface area contributed by atoms with Gasteiger partial charge in [0.1, 0.15) is 5.69 Å². The standard InChI is InChI=1S/C26H28Cl2F3N5O5S/c1-12-7-5-6-10-36(12)21(38)17-18(13-8-9-14(16(28)15(13)27)25(4,40)26(29,30)31)42-20(33-17)19(37)32-11-24(2,3)22-34-23(39)41-35-22/h8-9,12,40H,5-7,10-11H2,1-4H3,(H,32,37)(H,34,35,39)/t12-,25?/m0/s1. The number of hydrogen-bond donors (Lipinski definition) is 3. The molecule has 42 heavy (non-hydrogen) atoms. The van der Waals surface area contributed by atoms with Gasteiger partial charge in [-0.2, -0.15) is 13.2 Å². The molecule has 2 amide bonds. The first kappa shape index (κ1) is 32.0. The van der Waals surface area contributed by atoms with Gasteiger partial charge in [0.25, 0.3) is 11.8 Å². The molecule has 10 nitrogen and oxygen atoms in total. The van der Waals surface area contributed by atoms with E-state index in [-0.39, 0.29) is 44.6 Å². The van der Waals surface area contributed by atoms with Crippen LogP contribution >= 0.6 is 34.5 Å². The number of aromatic nitrogens is 3. The number of likely N-dealkylation sites (tertiary alicyclic amines) is 1. The van der Waals surface area contributed by atoms with E-state index < -0.39 is 45.3 Å². The maximum Gasteiger partial charge on any atom is 0.438 e. The second kappa shape index (κ2) is 11.6. The van der Waals surface area contributed by atoms with Gasteiger partial charge in [0, 0.05) is 35.7 Å². The van der Waals surface area contributed by atoms with Gasteiger partial charge in [-0.3, -0.25) is 19.1 Å². The summed E-state index contributed by atoms with van der Waals surface area (Å²) in [4.78, 5) is 46.8. The van der Waals surface area contributed by atoms with Crippen molar-refractivity contribution in [2.75, 3.05) is 13.1 Å². The van der Waals surface area contributed by atoms with Crippen LogP contribution in [0.5, 0.6) is 0 Å². The Bertz CT molecular complexity index is 1570. The maximum atomic E-state index is 13.7. The highest BCUT2D eigenvalue weighted by molar-refractivity contribution is 7.17. The van der Waals surface area contributed by atoms with Crippen molar-refractivity contribution in [3.8, 4) is 10.4 Å². The van der Waals surface area contributed by atoms with Gasteiger partial charge in [0.2, 0.25) is 0 Å². The fraction of sp³-hybridized carbons (Fsp3) is 0.500. The Kier molecular flexibility index (Phi) is 8.85. The summed E-state index contributed by atoms with van der Waals surface area (Å²) >= 11 is 13.5. The van der Waals surface area contributed by atoms with Crippen LogP contribution < -0.4 is 11.1 Å². The molecule has 0 radical (unpaired) electrons. The predicted octanol–water partition coefficient (Wildman–Crippen LogP) is 5.29. The fourth-order valence-corrected chi connectivity index (χ4v) is 6.19. The third kappa shape index (κ3) is 6.08. The van der Waals surface area contributed by atoms with E-state index in [4.69, 9.17) is 23.2 Å². The van der Waals surface area contributed by atoms with Crippen molar-refractivity contribution in [2.45, 2.75) is 70.2 Å². The lowest BCUT2D eigenvalue weighted by molar-refractivity contribution is -0.258. The average Bonchev–Trinajstić information content (AvgIpc) is 3.55. The highest BCUT2D eigenvalue weighted by Crippen LogP contribution is 2.47. The molecule has 2 aromatic heterocycles. The number of nitrogens with one attached hydrogen (secondary N) is 2. The van der Waals surface area contributed by atoms with E-state index in [1.54, 1.807) is 18.7 Å². The van der Waals surface area contributed by atoms with E-state index >= 15 is 0 Å². The van der Waals surface area contributed by atoms with Crippen LogP contribution in [0.15, 0.2) is 21.5 Å². The number of carbonyl (C=O) groups excluding carboxylic acids is 2. The van der Waals surface area contributed by atoms with Crippen LogP contribution in [0.4, 0.5) is 13.2 Å². The summed E-state index contributed by atoms with van der Waals surface area (Å²) in [5.74, 6) is -1.66. The minimum Gasteiger partial charge on any atom is -0.376 e. The molecule has 0 spiro atoms. The molecule has 3 aromatic rings. The number of aromatic amines is 1. The van der Waals surface area contributed by atoms with E-state index in [0.717, 1.165) is 36.7 Å². The third-order valence-corrected chi connectivity index (χ3v) is 9.23. The summed E-state index contributed by atoms with van der Waals surface area (Å²) in [5.41, 5.74) is -4.83. The first-order valence-corrected chi connectivity index (χ1v) is 14.5.